The lowest BCUT2D eigenvalue weighted by atomic mass is 9.98. The summed E-state index contributed by atoms with van der Waals surface area (Å²) in [6.45, 7) is 0. The van der Waals surface area contributed by atoms with Crippen LogP contribution in [-0.2, 0) is 4.79 Å². The van der Waals surface area contributed by atoms with E-state index in [0.717, 1.165) is 11.3 Å². The first-order chi connectivity index (χ1) is 14.6. The molecule has 0 saturated carbocycles. The van der Waals surface area contributed by atoms with Gasteiger partial charge in [0.25, 0.3) is 0 Å². The van der Waals surface area contributed by atoms with E-state index in [-0.39, 0.29) is 17.2 Å². The lowest BCUT2D eigenvalue weighted by Gasteiger charge is -2.11. The summed E-state index contributed by atoms with van der Waals surface area (Å²) >= 11 is 0. The summed E-state index contributed by atoms with van der Waals surface area (Å²) in [6, 6.07) is 17.2. The van der Waals surface area contributed by atoms with Crippen LogP contribution in [0.5, 0.6) is 5.75 Å². The Morgan fingerprint density at radius 2 is 1.74 bits per heavy atom. The fraction of sp³-hybridized carbons (Fsp3) is 0.0952. The molecule has 1 aromatic heterocycles. The first kappa shape index (κ1) is 23.2. The van der Waals surface area contributed by atoms with Crippen LogP contribution in [0.3, 0.4) is 0 Å². The normalized spacial score (nSPS) is 10.5. The third-order valence-electron chi connectivity index (χ3n) is 3.92. The predicted molar refractivity (Wildman–Crippen MR) is 104 cm³/mol. The highest BCUT2D eigenvalue weighted by Crippen LogP contribution is 2.32. The van der Waals surface area contributed by atoms with Gasteiger partial charge in [-0.25, -0.2) is 14.2 Å². The van der Waals surface area contributed by atoms with Crippen molar-refractivity contribution in [3.8, 4) is 34.2 Å². The van der Waals surface area contributed by atoms with Crippen LogP contribution in [0.2, 0.25) is 0 Å². The van der Waals surface area contributed by atoms with Gasteiger partial charge >= 0.3 is 12.1 Å². The van der Waals surface area contributed by atoms with Gasteiger partial charge in [-0.05, 0) is 48.0 Å². The molecule has 0 bridgehead atoms. The molecule has 0 aliphatic carbocycles. The van der Waals surface area contributed by atoms with E-state index in [1.54, 1.807) is 25.3 Å². The van der Waals surface area contributed by atoms with Gasteiger partial charge in [0.1, 0.15) is 29.0 Å². The first-order valence-corrected chi connectivity index (χ1v) is 8.48. The average Bonchev–Trinajstić information content (AvgIpc) is 2.73. The minimum Gasteiger partial charge on any atom is -0.497 e. The number of benzene rings is 2. The monoisotopic (exact) mass is 433 g/mol. The maximum Gasteiger partial charge on any atom is 0.490 e. The van der Waals surface area contributed by atoms with Gasteiger partial charge in [-0.1, -0.05) is 12.1 Å². The van der Waals surface area contributed by atoms with Crippen LogP contribution in [0.25, 0.3) is 22.4 Å². The van der Waals surface area contributed by atoms with Crippen LogP contribution >= 0.6 is 0 Å². The van der Waals surface area contributed by atoms with Crippen molar-refractivity contribution in [2.24, 2.45) is 0 Å². The molecule has 10 heteroatoms. The van der Waals surface area contributed by atoms with Crippen molar-refractivity contribution in [3.63, 3.8) is 0 Å². The third kappa shape index (κ3) is 5.93. The standard InChI is InChI=1S/C19H14FN3O.C2HF3O2/c1-24-15-7-5-12(6-8-15)18-10-16(17(11-21)19(22)23-18)13-3-2-4-14(20)9-13;3-2(4,5)1(6)7/h2-10H,1H3,(H2,22,23);(H,6,7). The number of nitrogen functional groups attached to an aromatic ring is 1. The smallest absolute Gasteiger partial charge is 0.490 e. The predicted octanol–water partition coefficient (Wildman–Crippen LogP) is 4.65. The largest absolute Gasteiger partial charge is 0.497 e. The van der Waals surface area contributed by atoms with Crippen LogP contribution in [0, 0.1) is 17.1 Å². The van der Waals surface area contributed by atoms with Gasteiger partial charge in [0, 0.05) is 11.1 Å². The van der Waals surface area contributed by atoms with Gasteiger partial charge in [0.15, 0.2) is 0 Å². The molecule has 0 aliphatic heterocycles. The number of alkyl halides is 3. The molecule has 3 aromatic rings. The van der Waals surface area contributed by atoms with Gasteiger partial charge in [-0.15, -0.1) is 0 Å². The number of nitriles is 1. The summed E-state index contributed by atoms with van der Waals surface area (Å²) in [4.78, 5) is 13.2. The zero-order valence-corrected chi connectivity index (χ0v) is 15.9. The molecule has 3 N–H and O–H groups in total. The van der Waals surface area contributed by atoms with E-state index >= 15 is 0 Å². The van der Waals surface area contributed by atoms with E-state index in [4.69, 9.17) is 20.4 Å². The minimum absolute atomic E-state index is 0.116. The Morgan fingerprint density at radius 3 is 2.23 bits per heavy atom. The minimum atomic E-state index is -5.08. The molecule has 0 atom stereocenters. The number of aliphatic carboxylic acids is 1. The number of hydrogen-bond acceptors (Lipinski definition) is 5. The van der Waals surface area contributed by atoms with Gasteiger partial charge < -0.3 is 15.6 Å². The van der Waals surface area contributed by atoms with E-state index in [1.165, 1.54) is 12.1 Å². The number of hydrogen-bond donors (Lipinski definition) is 2. The zero-order valence-electron chi connectivity index (χ0n) is 15.9. The van der Waals surface area contributed by atoms with Crippen LogP contribution in [-0.4, -0.2) is 29.3 Å². The summed E-state index contributed by atoms with van der Waals surface area (Å²) < 4.78 is 50.4. The molecule has 0 saturated heterocycles. The fourth-order valence-electron chi connectivity index (χ4n) is 2.48. The number of pyridine rings is 1. The maximum atomic E-state index is 13.6. The topological polar surface area (TPSA) is 109 Å². The lowest BCUT2D eigenvalue weighted by molar-refractivity contribution is -0.192. The summed E-state index contributed by atoms with van der Waals surface area (Å²) in [5, 5.41) is 16.5. The van der Waals surface area contributed by atoms with E-state index < -0.39 is 12.1 Å². The molecule has 0 amide bonds. The summed E-state index contributed by atoms with van der Waals surface area (Å²) in [5.74, 6) is -2.29. The molecule has 0 spiro atoms. The molecule has 3 rings (SSSR count). The molecular weight excluding hydrogens is 418 g/mol. The Labute approximate surface area is 174 Å². The van der Waals surface area contributed by atoms with Crippen LogP contribution in [0.4, 0.5) is 23.4 Å². The van der Waals surface area contributed by atoms with E-state index in [9.17, 15) is 22.8 Å². The summed E-state index contributed by atoms with van der Waals surface area (Å²) in [7, 11) is 1.59. The van der Waals surface area contributed by atoms with Crippen molar-refractivity contribution in [1.82, 2.24) is 4.98 Å². The molecule has 0 unspecified atom stereocenters. The lowest BCUT2D eigenvalue weighted by Crippen LogP contribution is -2.21. The highest BCUT2D eigenvalue weighted by Gasteiger charge is 2.38. The second-order valence-electron chi connectivity index (χ2n) is 5.97. The highest BCUT2D eigenvalue weighted by molar-refractivity contribution is 5.80. The average molecular weight is 433 g/mol. The molecule has 0 fully saturated rings. The van der Waals surface area contributed by atoms with Gasteiger partial charge in [-0.2, -0.15) is 18.4 Å². The second-order valence-corrected chi connectivity index (χ2v) is 5.97. The summed E-state index contributed by atoms with van der Waals surface area (Å²) in [5.41, 5.74) is 8.74. The number of nitrogens with two attached hydrogens (primary N) is 1. The van der Waals surface area contributed by atoms with E-state index in [0.29, 0.717) is 16.8 Å². The van der Waals surface area contributed by atoms with Crippen molar-refractivity contribution in [1.29, 1.82) is 5.26 Å². The molecule has 0 radical (unpaired) electrons. The molecule has 6 nitrogen and oxygen atoms in total. The molecule has 2 aromatic carbocycles. The molecule has 160 valence electrons. The van der Waals surface area contributed by atoms with Crippen molar-refractivity contribution < 1.29 is 32.2 Å². The highest BCUT2D eigenvalue weighted by atomic mass is 19.4. The fourth-order valence-corrected chi connectivity index (χ4v) is 2.48. The number of carboxylic acid groups (broad SMARTS) is 1. The van der Waals surface area contributed by atoms with Gasteiger partial charge in [0.2, 0.25) is 0 Å². The Bertz CT molecular complexity index is 1120. The Morgan fingerprint density at radius 1 is 1.13 bits per heavy atom. The second kappa shape index (κ2) is 9.58. The van der Waals surface area contributed by atoms with E-state index in [1.807, 2.05) is 30.3 Å². The van der Waals surface area contributed by atoms with E-state index in [2.05, 4.69) is 4.98 Å². The maximum absolute atomic E-state index is 13.6. The Hall–Kier alpha value is -4.13. The number of carbonyl (C=O) groups is 1. The number of ether oxygens (including phenoxy) is 1. The number of aromatic nitrogens is 1. The molecule has 31 heavy (non-hydrogen) atoms. The van der Waals surface area contributed by atoms with Gasteiger partial charge in [0.05, 0.1) is 12.8 Å². The quantitative estimate of drug-likeness (QED) is 0.582. The van der Waals surface area contributed by atoms with Crippen molar-refractivity contribution in [2.75, 3.05) is 12.8 Å². The zero-order chi connectivity index (χ0) is 23.2. The summed E-state index contributed by atoms with van der Waals surface area (Å²) in [6.07, 6.45) is -5.08. The number of anilines is 1. The SMILES string of the molecule is COc1ccc(-c2cc(-c3cccc(F)c3)c(C#N)c(N)n2)cc1.O=C(O)C(F)(F)F. The Kier molecular flexibility index (Phi) is 7.15. The number of methoxy groups -OCH3 is 1. The van der Waals surface area contributed by atoms with Crippen molar-refractivity contribution in [2.45, 2.75) is 6.18 Å². The number of carboxylic acids is 1. The first-order valence-electron chi connectivity index (χ1n) is 8.48. The molecular formula is C21H15F4N3O3. The number of nitrogens with zero attached hydrogens (tertiary/aromatic N) is 2. The van der Waals surface area contributed by atoms with Crippen LogP contribution < -0.4 is 10.5 Å². The van der Waals surface area contributed by atoms with Crippen molar-refractivity contribution >= 4 is 11.8 Å². The molecule has 1 heterocycles. The third-order valence-corrected chi connectivity index (χ3v) is 3.92. The Balaban J connectivity index is 0.000000423. The number of rotatable bonds is 3. The van der Waals surface area contributed by atoms with Crippen LogP contribution in [0.1, 0.15) is 5.56 Å². The van der Waals surface area contributed by atoms with Crippen molar-refractivity contribution in [3.05, 3.63) is 66.0 Å². The van der Waals surface area contributed by atoms with Gasteiger partial charge in [-0.3, -0.25) is 0 Å². The molecule has 0 aliphatic rings. The van der Waals surface area contributed by atoms with Crippen LogP contribution in [0.15, 0.2) is 54.6 Å². The number of halogens is 4.